The summed E-state index contributed by atoms with van der Waals surface area (Å²) in [5.41, 5.74) is -1.34. The number of carbonyl (C=O) groups is 2. The smallest absolute Gasteiger partial charge is 0.260 e. The molecule has 0 aromatic heterocycles. The van der Waals surface area contributed by atoms with Gasteiger partial charge in [0.15, 0.2) is 5.67 Å². The number of carbonyl (C=O) groups excluding carboxylic acids is 2. The fourth-order valence-electron chi connectivity index (χ4n) is 4.08. The molecule has 1 atom stereocenters. The van der Waals surface area contributed by atoms with Crippen LogP contribution < -0.4 is 5.32 Å². The van der Waals surface area contributed by atoms with Crippen LogP contribution in [0.4, 0.5) is 4.39 Å². The minimum Gasteiger partial charge on any atom is -0.354 e. The first-order valence-corrected chi connectivity index (χ1v) is 8.62. The molecule has 1 aliphatic heterocycles. The maximum atomic E-state index is 13.9. The molecule has 3 fully saturated rings. The monoisotopic (exact) mass is 310 g/mol. The fourth-order valence-corrected chi connectivity index (χ4v) is 4.08. The number of hydrogen-bond donors (Lipinski definition) is 1. The van der Waals surface area contributed by atoms with Gasteiger partial charge in [-0.1, -0.05) is 0 Å². The number of hydrogen-bond acceptors (Lipinski definition) is 2. The Morgan fingerprint density at radius 3 is 2.32 bits per heavy atom. The Balaban J connectivity index is 1.53. The molecule has 1 unspecified atom stereocenters. The van der Waals surface area contributed by atoms with Crippen LogP contribution in [0.1, 0.15) is 58.8 Å². The average Bonchev–Trinajstić information content (AvgIpc) is 3.09. The van der Waals surface area contributed by atoms with Gasteiger partial charge in [0.2, 0.25) is 5.91 Å². The van der Waals surface area contributed by atoms with Gasteiger partial charge in [0.1, 0.15) is 0 Å². The van der Waals surface area contributed by atoms with Gasteiger partial charge >= 0.3 is 0 Å². The number of likely N-dealkylation sites (tertiary alicyclic amines) is 1. The highest BCUT2D eigenvalue weighted by Gasteiger charge is 2.54. The van der Waals surface area contributed by atoms with E-state index in [1.54, 1.807) is 4.90 Å². The summed E-state index contributed by atoms with van der Waals surface area (Å²) in [6.45, 7) is 5.28. The summed E-state index contributed by atoms with van der Waals surface area (Å²) < 4.78 is 13.9. The molecule has 0 aromatic rings. The number of rotatable bonds is 3. The topological polar surface area (TPSA) is 49.4 Å². The molecule has 2 saturated carbocycles. The van der Waals surface area contributed by atoms with E-state index in [1.807, 2.05) is 13.8 Å². The summed E-state index contributed by atoms with van der Waals surface area (Å²) in [7, 11) is 0. The highest BCUT2D eigenvalue weighted by atomic mass is 19.1. The average molecular weight is 310 g/mol. The van der Waals surface area contributed by atoms with E-state index in [-0.39, 0.29) is 29.2 Å². The Bertz CT molecular complexity index is 465. The fraction of sp³-hybridized carbons (Fsp3) is 0.882. The van der Waals surface area contributed by atoms with Gasteiger partial charge in [-0.05, 0) is 64.2 Å². The summed E-state index contributed by atoms with van der Waals surface area (Å²) in [6, 6.07) is 0.183. The van der Waals surface area contributed by atoms with Crippen molar-refractivity contribution in [2.75, 3.05) is 13.1 Å². The van der Waals surface area contributed by atoms with Crippen LogP contribution in [0.25, 0.3) is 0 Å². The third kappa shape index (κ3) is 2.99. The third-order valence-electron chi connectivity index (χ3n) is 5.69. The molecule has 22 heavy (non-hydrogen) atoms. The van der Waals surface area contributed by atoms with E-state index in [9.17, 15) is 14.0 Å². The Kier molecular flexibility index (Phi) is 3.94. The van der Waals surface area contributed by atoms with Crippen molar-refractivity contribution in [2.45, 2.75) is 70.5 Å². The molecule has 3 rings (SSSR count). The predicted octanol–water partition coefficient (Wildman–Crippen LogP) is 2.42. The third-order valence-corrected chi connectivity index (χ3v) is 5.69. The second-order valence-electron chi connectivity index (χ2n) is 7.86. The van der Waals surface area contributed by atoms with Crippen LogP contribution in [0, 0.1) is 11.3 Å². The second kappa shape index (κ2) is 5.50. The highest BCUT2D eigenvalue weighted by Crippen LogP contribution is 2.50. The molecule has 3 aliphatic rings. The van der Waals surface area contributed by atoms with Gasteiger partial charge < -0.3 is 10.2 Å². The van der Waals surface area contributed by atoms with Crippen LogP contribution in [0.15, 0.2) is 0 Å². The SMILES string of the molecule is CC(C)NC(=O)C1CCC2(CCN(C(=O)C3(F)CC3)CC2)C1. The van der Waals surface area contributed by atoms with Gasteiger partial charge in [-0.25, -0.2) is 4.39 Å². The van der Waals surface area contributed by atoms with Crippen LogP contribution in [0.5, 0.6) is 0 Å². The first kappa shape index (κ1) is 15.8. The predicted molar refractivity (Wildman–Crippen MR) is 81.9 cm³/mol. The van der Waals surface area contributed by atoms with E-state index < -0.39 is 5.67 Å². The summed E-state index contributed by atoms with van der Waals surface area (Å²) >= 11 is 0. The lowest BCUT2D eigenvalue weighted by Crippen LogP contribution is -2.46. The zero-order chi connectivity index (χ0) is 16.0. The first-order valence-electron chi connectivity index (χ1n) is 8.62. The van der Waals surface area contributed by atoms with Gasteiger partial charge in [0.25, 0.3) is 5.91 Å². The first-order chi connectivity index (χ1) is 10.3. The molecule has 2 amide bonds. The number of nitrogens with zero attached hydrogens (tertiary/aromatic N) is 1. The molecule has 1 heterocycles. The Labute approximate surface area is 131 Å². The normalized spacial score (nSPS) is 28.9. The van der Waals surface area contributed by atoms with Crippen LogP contribution >= 0.6 is 0 Å². The molecule has 1 saturated heterocycles. The van der Waals surface area contributed by atoms with Crippen molar-refractivity contribution in [2.24, 2.45) is 11.3 Å². The number of nitrogens with one attached hydrogen (secondary N) is 1. The van der Waals surface area contributed by atoms with Crippen molar-refractivity contribution in [3.8, 4) is 0 Å². The second-order valence-corrected chi connectivity index (χ2v) is 7.86. The Hall–Kier alpha value is -1.13. The Morgan fingerprint density at radius 1 is 1.14 bits per heavy atom. The molecule has 1 spiro atoms. The molecule has 0 radical (unpaired) electrons. The lowest BCUT2D eigenvalue weighted by Gasteiger charge is -2.40. The zero-order valence-electron chi connectivity index (χ0n) is 13.7. The maximum Gasteiger partial charge on any atom is 0.260 e. The quantitative estimate of drug-likeness (QED) is 0.870. The van der Waals surface area contributed by atoms with E-state index in [0.29, 0.717) is 25.9 Å². The molecule has 4 nitrogen and oxygen atoms in total. The molecule has 0 bridgehead atoms. The lowest BCUT2D eigenvalue weighted by atomic mass is 9.76. The highest BCUT2D eigenvalue weighted by molar-refractivity contribution is 5.88. The van der Waals surface area contributed by atoms with Gasteiger partial charge in [-0.15, -0.1) is 0 Å². The van der Waals surface area contributed by atoms with Crippen LogP contribution in [-0.4, -0.2) is 41.5 Å². The number of halogens is 1. The molecule has 2 aliphatic carbocycles. The van der Waals surface area contributed by atoms with Crippen LogP contribution in [0.2, 0.25) is 0 Å². The lowest BCUT2D eigenvalue weighted by molar-refractivity contribution is -0.140. The largest absolute Gasteiger partial charge is 0.354 e. The van der Waals surface area contributed by atoms with Gasteiger partial charge in [-0.3, -0.25) is 9.59 Å². The standard InChI is InChI=1S/C17H27FN2O2/c1-12(2)19-14(21)13-3-4-16(11-13)7-9-20(10-8-16)15(22)17(18)5-6-17/h12-13H,3-11H2,1-2H3,(H,19,21). The van der Waals surface area contributed by atoms with E-state index in [1.165, 1.54) is 0 Å². The minimum atomic E-state index is -1.54. The Morgan fingerprint density at radius 2 is 1.77 bits per heavy atom. The van der Waals surface area contributed by atoms with Crippen LogP contribution in [-0.2, 0) is 9.59 Å². The maximum absolute atomic E-state index is 13.9. The van der Waals surface area contributed by atoms with Crippen molar-refractivity contribution in [1.82, 2.24) is 10.2 Å². The summed E-state index contributed by atoms with van der Waals surface area (Å²) in [5, 5.41) is 3.01. The van der Waals surface area contributed by atoms with Crippen molar-refractivity contribution in [1.29, 1.82) is 0 Å². The molecule has 1 N–H and O–H groups in total. The number of alkyl halides is 1. The summed E-state index contributed by atoms with van der Waals surface area (Å²) in [5.74, 6) is -0.0129. The van der Waals surface area contributed by atoms with Gasteiger partial charge in [0, 0.05) is 25.0 Å². The number of amides is 2. The van der Waals surface area contributed by atoms with E-state index >= 15 is 0 Å². The molecule has 5 heteroatoms. The van der Waals surface area contributed by atoms with Crippen molar-refractivity contribution in [3.05, 3.63) is 0 Å². The van der Waals surface area contributed by atoms with E-state index in [0.717, 1.165) is 32.1 Å². The zero-order valence-corrected chi connectivity index (χ0v) is 13.7. The summed E-state index contributed by atoms with van der Waals surface area (Å²) in [4.78, 5) is 25.9. The van der Waals surface area contributed by atoms with Crippen LogP contribution in [0.3, 0.4) is 0 Å². The molecule has 0 aromatic carbocycles. The molecule has 124 valence electrons. The molecular formula is C17H27FN2O2. The van der Waals surface area contributed by atoms with Crippen molar-refractivity contribution < 1.29 is 14.0 Å². The molecular weight excluding hydrogens is 283 g/mol. The van der Waals surface area contributed by atoms with Gasteiger partial charge in [-0.2, -0.15) is 0 Å². The number of piperidine rings is 1. The van der Waals surface area contributed by atoms with Crippen molar-refractivity contribution >= 4 is 11.8 Å². The minimum absolute atomic E-state index is 0.112. The summed E-state index contributed by atoms with van der Waals surface area (Å²) in [6.07, 6.45) is 5.55. The van der Waals surface area contributed by atoms with Crippen molar-refractivity contribution in [3.63, 3.8) is 0 Å². The van der Waals surface area contributed by atoms with E-state index in [4.69, 9.17) is 0 Å². The van der Waals surface area contributed by atoms with Gasteiger partial charge in [0.05, 0.1) is 0 Å². The van der Waals surface area contributed by atoms with E-state index in [2.05, 4.69) is 5.32 Å².